The predicted octanol–water partition coefficient (Wildman–Crippen LogP) is 4.18. The SMILES string of the molecule is C[C@H]1CN(CC2CCCC2)CC[C@]1(C)c1cccc(O)c1. The summed E-state index contributed by atoms with van der Waals surface area (Å²) in [6.07, 6.45) is 6.96. The van der Waals surface area contributed by atoms with Crippen LogP contribution in [-0.2, 0) is 5.41 Å². The highest BCUT2D eigenvalue weighted by Crippen LogP contribution is 2.40. The number of hydrogen-bond acceptors (Lipinski definition) is 2. The third kappa shape index (κ3) is 3.11. The number of hydrogen-bond donors (Lipinski definition) is 1. The van der Waals surface area contributed by atoms with E-state index in [0.717, 1.165) is 5.92 Å². The lowest BCUT2D eigenvalue weighted by atomic mass is 9.68. The standard InChI is InChI=1S/C19H29NO/c1-15-13-20(14-16-6-3-4-7-16)11-10-19(15,2)17-8-5-9-18(21)12-17/h5,8-9,12,15-16,21H,3-4,6-7,10-11,13-14H2,1-2H3/t15-,19-/m0/s1. The number of nitrogens with zero attached hydrogens (tertiary/aromatic N) is 1. The van der Waals surface area contributed by atoms with Gasteiger partial charge in [-0.05, 0) is 60.8 Å². The van der Waals surface area contributed by atoms with Crippen LogP contribution in [-0.4, -0.2) is 29.6 Å². The molecule has 1 saturated carbocycles. The summed E-state index contributed by atoms with van der Waals surface area (Å²) in [6.45, 7) is 8.46. The number of aromatic hydroxyl groups is 1. The quantitative estimate of drug-likeness (QED) is 0.901. The van der Waals surface area contributed by atoms with Crippen molar-refractivity contribution in [3.8, 4) is 5.75 Å². The highest BCUT2D eigenvalue weighted by atomic mass is 16.3. The molecule has 1 aliphatic carbocycles. The Bertz CT molecular complexity index is 480. The summed E-state index contributed by atoms with van der Waals surface area (Å²) in [5, 5.41) is 9.78. The lowest BCUT2D eigenvalue weighted by Crippen LogP contribution is -2.48. The predicted molar refractivity (Wildman–Crippen MR) is 87.6 cm³/mol. The Kier molecular flexibility index (Phi) is 4.26. The summed E-state index contributed by atoms with van der Waals surface area (Å²) in [7, 11) is 0. The minimum atomic E-state index is 0.199. The summed E-state index contributed by atoms with van der Waals surface area (Å²) >= 11 is 0. The smallest absolute Gasteiger partial charge is 0.115 e. The van der Waals surface area contributed by atoms with Gasteiger partial charge in [0.15, 0.2) is 0 Å². The van der Waals surface area contributed by atoms with Crippen LogP contribution >= 0.6 is 0 Å². The molecule has 0 aromatic heterocycles. The highest BCUT2D eigenvalue weighted by molar-refractivity contribution is 5.33. The zero-order valence-corrected chi connectivity index (χ0v) is 13.5. The average molecular weight is 287 g/mol. The van der Waals surface area contributed by atoms with Gasteiger partial charge in [-0.3, -0.25) is 0 Å². The molecule has 21 heavy (non-hydrogen) atoms. The number of piperidine rings is 1. The second-order valence-corrected chi connectivity index (χ2v) is 7.53. The van der Waals surface area contributed by atoms with Crippen LogP contribution in [0.1, 0.15) is 51.5 Å². The van der Waals surface area contributed by atoms with Crippen LogP contribution in [0.25, 0.3) is 0 Å². The van der Waals surface area contributed by atoms with Crippen LogP contribution in [0.4, 0.5) is 0 Å². The summed E-state index contributed by atoms with van der Waals surface area (Å²) in [4.78, 5) is 2.69. The van der Waals surface area contributed by atoms with E-state index in [4.69, 9.17) is 0 Å². The first-order chi connectivity index (χ1) is 10.1. The first-order valence-corrected chi connectivity index (χ1v) is 8.60. The van der Waals surface area contributed by atoms with Crippen LogP contribution in [0.5, 0.6) is 5.75 Å². The van der Waals surface area contributed by atoms with Gasteiger partial charge >= 0.3 is 0 Å². The topological polar surface area (TPSA) is 23.5 Å². The second-order valence-electron chi connectivity index (χ2n) is 7.53. The molecule has 2 heteroatoms. The molecule has 1 aromatic rings. The average Bonchev–Trinajstić information content (AvgIpc) is 2.96. The molecule has 0 radical (unpaired) electrons. The molecule has 0 bridgehead atoms. The lowest BCUT2D eigenvalue weighted by Gasteiger charge is -2.45. The molecular weight excluding hydrogens is 258 g/mol. The fraction of sp³-hybridized carbons (Fsp3) is 0.684. The highest BCUT2D eigenvalue weighted by Gasteiger charge is 2.38. The zero-order chi connectivity index (χ0) is 14.9. The van der Waals surface area contributed by atoms with Crippen molar-refractivity contribution in [1.29, 1.82) is 0 Å². The number of likely N-dealkylation sites (tertiary alicyclic amines) is 1. The molecule has 1 N–H and O–H groups in total. The Morgan fingerprint density at radius 1 is 1.29 bits per heavy atom. The fourth-order valence-electron chi connectivity index (χ4n) is 4.33. The van der Waals surface area contributed by atoms with Crippen LogP contribution < -0.4 is 0 Å². The molecule has 0 unspecified atom stereocenters. The minimum Gasteiger partial charge on any atom is -0.508 e. The summed E-state index contributed by atoms with van der Waals surface area (Å²) in [5.41, 5.74) is 1.50. The van der Waals surface area contributed by atoms with E-state index in [1.807, 2.05) is 12.1 Å². The van der Waals surface area contributed by atoms with Crippen molar-refractivity contribution >= 4 is 0 Å². The third-order valence-corrected chi connectivity index (χ3v) is 6.06. The van der Waals surface area contributed by atoms with Crippen molar-refractivity contribution in [2.24, 2.45) is 11.8 Å². The Labute approximate surface area is 129 Å². The van der Waals surface area contributed by atoms with Crippen molar-refractivity contribution in [3.63, 3.8) is 0 Å². The van der Waals surface area contributed by atoms with Gasteiger partial charge in [-0.1, -0.05) is 38.8 Å². The summed E-state index contributed by atoms with van der Waals surface area (Å²) in [5.74, 6) is 1.98. The Morgan fingerprint density at radius 2 is 2.05 bits per heavy atom. The molecule has 1 aromatic carbocycles. The third-order valence-electron chi connectivity index (χ3n) is 6.06. The van der Waals surface area contributed by atoms with Crippen molar-refractivity contribution in [3.05, 3.63) is 29.8 Å². The molecule has 2 atom stereocenters. The number of rotatable bonds is 3. The molecule has 2 fully saturated rings. The van der Waals surface area contributed by atoms with Gasteiger partial charge in [0.25, 0.3) is 0 Å². The first-order valence-electron chi connectivity index (χ1n) is 8.60. The van der Waals surface area contributed by atoms with E-state index in [0.29, 0.717) is 11.7 Å². The van der Waals surface area contributed by atoms with Crippen molar-refractivity contribution in [1.82, 2.24) is 4.90 Å². The normalized spacial score (nSPS) is 31.6. The molecule has 2 nitrogen and oxygen atoms in total. The summed E-state index contributed by atoms with van der Waals surface area (Å²) < 4.78 is 0. The van der Waals surface area contributed by atoms with Crippen LogP contribution in [0.2, 0.25) is 0 Å². The molecular formula is C19H29NO. The van der Waals surface area contributed by atoms with Gasteiger partial charge in [-0.2, -0.15) is 0 Å². The van der Waals surface area contributed by atoms with Crippen molar-refractivity contribution in [2.75, 3.05) is 19.6 Å². The molecule has 1 saturated heterocycles. The van der Waals surface area contributed by atoms with Gasteiger partial charge in [0.05, 0.1) is 0 Å². The van der Waals surface area contributed by atoms with E-state index in [1.54, 1.807) is 6.07 Å². The summed E-state index contributed by atoms with van der Waals surface area (Å²) in [6, 6.07) is 7.90. The molecule has 0 spiro atoms. The van der Waals surface area contributed by atoms with Crippen molar-refractivity contribution in [2.45, 2.75) is 51.4 Å². The van der Waals surface area contributed by atoms with Crippen LogP contribution in [0.15, 0.2) is 24.3 Å². The van der Waals surface area contributed by atoms with Crippen LogP contribution in [0.3, 0.4) is 0 Å². The van der Waals surface area contributed by atoms with E-state index in [9.17, 15) is 5.11 Å². The molecule has 0 amide bonds. The molecule has 3 rings (SSSR count). The monoisotopic (exact) mass is 287 g/mol. The second kappa shape index (κ2) is 6.00. The van der Waals surface area contributed by atoms with E-state index in [2.05, 4.69) is 24.8 Å². The van der Waals surface area contributed by atoms with Crippen LogP contribution in [0, 0.1) is 11.8 Å². The molecule has 116 valence electrons. The van der Waals surface area contributed by atoms with E-state index < -0.39 is 0 Å². The van der Waals surface area contributed by atoms with Gasteiger partial charge in [0.1, 0.15) is 5.75 Å². The number of benzene rings is 1. The first kappa shape index (κ1) is 14.9. The van der Waals surface area contributed by atoms with Crippen molar-refractivity contribution < 1.29 is 5.11 Å². The maximum absolute atomic E-state index is 9.78. The lowest BCUT2D eigenvalue weighted by molar-refractivity contribution is 0.0972. The number of phenols is 1. The Hall–Kier alpha value is -1.02. The maximum atomic E-state index is 9.78. The van der Waals surface area contributed by atoms with Gasteiger partial charge in [-0.25, -0.2) is 0 Å². The van der Waals surface area contributed by atoms with Gasteiger partial charge in [0.2, 0.25) is 0 Å². The minimum absolute atomic E-state index is 0.199. The molecule has 1 aliphatic heterocycles. The maximum Gasteiger partial charge on any atom is 0.115 e. The van der Waals surface area contributed by atoms with E-state index in [-0.39, 0.29) is 5.41 Å². The van der Waals surface area contributed by atoms with Gasteiger partial charge in [-0.15, -0.1) is 0 Å². The van der Waals surface area contributed by atoms with E-state index in [1.165, 1.54) is 57.3 Å². The number of phenolic OH excluding ortho intramolecular Hbond substituents is 1. The Balaban J connectivity index is 1.67. The van der Waals surface area contributed by atoms with E-state index >= 15 is 0 Å². The van der Waals surface area contributed by atoms with Gasteiger partial charge < -0.3 is 10.0 Å². The zero-order valence-electron chi connectivity index (χ0n) is 13.5. The molecule has 2 aliphatic rings. The largest absolute Gasteiger partial charge is 0.508 e. The fourth-order valence-corrected chi connectivity index (χ4v) is 4.33. The molecule has 1 heterocycles. The van der Waals surface area contributed by atoms with Gasteiger partial charge in [0, 0.05) is 13.1 Å². The Morgan fingerprint density at radius 3 is 2.71 bits per heavy atom.